The van der Waals surface area contributed by atoms with Crippen LogP contribution in [-0.4, -0.2) is 31.4 Å². The van der Waals surface area contributed by atoms with Crippen molar-refractivity contribution in [2.45, 2.75) is 26.3 Å². The predicted molar refractivity (Wildman–Crippen MR) is 76.8 cm³/mol. The number of carbonyl (C=O) groups is 2. The fourth-order valence-corrected chi connectivity index (χ4v) is 1.81. The SMILES string of the molecule is COc1cc(C=O)cc(Cl)c1OCC(=O)NC(C)(C)C. The molecule has 0 saturated heterocycles. The molecule has 110 valence electrons. The Kier molecular flexibility index (Phi) is 5.39. The first-order chi connectivity index (χ1) is 9.26. The van der Waals surface area contributed by atoms with Gasteiger partial charge in [-0.15, -0.1) is 0 Å². The molecular formula is C14H18ClNO4. The zero-order valence-electron chi connectivity index (χ0n) is 12.0. The Bertz CT molecular complexity index is 509. The van der Waals surface area contributed by atoms with E-state index in [0.29, 0.717) is 17.6 Å². The highest BCUT2D eigenvalue weighted by molar-refractivity contribution is 6.32. The number of rotatable bonds is 5. The molecule has 6 heteroatoms. The molecular weight excluding hydrogens is 282 g/mol. The molecule has 0 bridgehead atoms. The summed E-state index contributed by atoms with van der Waals surface area (Å²) in [4.78, 5) is 22.4. The van der Waals surface area contributed by atoms with Gasteiger partial charge >= 0.3 is 0 Å². The fraction of sp³-hybridized carbons (Fsp3) is 0.429. The van der Waals surface area contributed by atoms with Gasteiger partial charge in [-0.2, -0.15) is 0 Å². The van der Waals surface area contributed by atoms with E-state index in [1.807, 2.05) is 20.8 Å². The van der Waals surface area contributed by atoms with Crippen LogP contribution in [0, 0.1) is 0 Å². The summed E-state index contributed by atoms with van der Waals surface area (Å²) in [7, 11) is 1.43. The number of ether oxygens (including phenoxy) is 2. The first-order valence-electron chi connectivity index (χ1n) is 6.03. The number of benzene rings is 1. The Labute approximate surface area is 123 Å². The van der Waals surface area contributed by atoms with Gasteiger partial charge in [0.2, 0.25) is 0 Å². The second kappa shape index (κ2) is 6.61. The van der Waals surface area contributed by atoms with Crippen LogP contribution in [0.2, 0.25) is 5.02 Å². The van der Waals surface area contributed by atoms with Gasteiger partial charge in [0.15, 0.2) is 18.1 Å². The van der Waals surface area contributed by atoms with Gasteiger partial charge in [-0.3, -0.25) is 9.59 Å². The molecule has 1 rings (SSSR count). The van der Waals surface area contributed by atoms with E-state index in [2.05, 4.69) is 5.32 Å². The van der Waals surface area contributed by atoms with Gasteiger partial charge in [-0.1, -0.05) is 11.6 Å². The number of methoxy groups -OCH3 is 1. The maximum absolute atomic E-state index is 11.7. The number of aldehydes is 1. The van der Waals surface area contributed by atoms with E-state index < -0.39 is 0 Å². The molecule has 0 unspecified atom stereocenters. The highest BCUT2D eigenvalue weighted by Crippen LogP contribution is 2.35. The van der Waals surface area contributed by atoms with Crippen molar-refractivity contribution >= 4 is 23.8 Å². The summed E-state index contributed by atoms with van der Waals surface area (Å²) in [5, 5.41) is 2.98. The van der Waals surface area contributed by atoms with Crippen LogP contribution in [0.15, 0.2) is 12.1 Å². The highest BCUT2D eigenvalue weighted by atomic mass is 35.5. The molecule has 0 saturated carbocycles. The van der Waals surface area contributed by atoms with Gasteiger partial charge in [-0.05, 0) is 32.9 Å². The number of hydrogen-bond donors (Lipinski definition) is 1. The molecule has 0 aliphatic carbocycles. The van der Waals surface area contributed by atoms with Crippen molar-refractivity contribution in [1.82, 2.24) is 5.32 Å². The van der Waals surface area contributed by atoms with Crippen LogP contribution in [0.5, 0.6) is 11.5 Å². The van der Waals surface area contributed by atoms with Gasteiger partial charge in [0.05, 0.1) is 12.1 Å². The minimum atomic E-state index is -0.338. The number of amides is 1. The lowest BCUT2D eigenvalue weighted by Crippen LogP contribution is -2.43. The first-order valence-corrected chi connectivity index (χ1v) is 6.41. The van der Waals surface area contributed by atoms with Crippen molar-refractivity contribution < 1.29 is 19.1 Å². The van der Waals surface area contributed by atoms with Crippen molar-refractivity contribution in [2.75, 3.05) is 13.7 Å². The third-order valence-corrected chi connectivity index (χ3v) is 2.53. The van der Waals surface area contributed by atoms with Crippen molar-refractivity contribution in [3.8, 4) is 11.5 Å². The van der Waals surface area contributed by atoms with Crippen LogP contribution in [-0.2, 0) is 4.79 Å². The van der Waals surface area contributed by atoms with Crippen LogP contribution < -0.4 is 14.8 Å². The van der Waals surface area contributed by atoms with Crippen molar-refractivity contribution in [2.24, 2.45) is 0 Å². The minimum Gasteiger partial charge on any atom is -0.493 e. The lowest BCUT2D eigenvalue weighted by atomic mass is 10.1. The van der Waals surface area contributed by atoms with Gasteiger partial charge in [0, 0.05) is 11.1 Å². The van der Waals surface area contributed by atoms with Crippen molar-refractivity contribution in [3.05, 3.63) is 22.7 Å². The van der Waals surface area contributed by atoms with E-state index >= 15 is 0 Å². The average Bonchev–Trinajstić information content (AvgIpc) is 2.34. The van der Waals surface area contributed by atoms with E-state index in [0.717, 1.165) is 0 Å². The second-order valence-corrected chi connectivity index (χ2v) is 5.65. The fourth-order valence-electron chi connectivity index (χ4n) is 1.54. The molecule has 0 aliphatic rings. The van der Waals surface area contributed by atoms with Gasteiger partial charge in [-0.25, -0.2) is 0 Å². The van der Waals surface area contributed by atoms with E-state index in [-0.39, 0.29) is 28.8 Å². The lowest BCUT2D eigenvalue weighted by molar-refractivity contribution is -0.124. The molecule has 20 heavy (non-hydrogen) atoms. The molecule has 0 aromatic heterocycles. The van der Waals surface area contributed by atoms with Crippen LogP contribution >= 0.6 is 11.6 Å². The Hall–Kier alpha value is -1.75. The Morgan fingerprint density at radius 2 is 2.05 bits per heavy atom. The second-order valence-electron chi connectivity index (χ2n) is 5.24. The Balaban J connectivity index is 2.82. The zero-order valence-corrected chi connectivity index (χ0v) is 12.7. The third-order valence-electron chi connectivity index (χ3n) is 2.25. The maximum atomic E-state index is 11.7. The summed E-state index contributed by atoms with van der Waals surface area (Å²) in [5.74, 6) is 0.280. The highest BCUT2D eigenvalue weighted by Gasteiger charge is 2.17. The topological polar surface area (TPSA) is 64.6 Å². The largest absolute Gasteiger partial charge is 0.493 e. The van der Waals surface area contributed by atoms with Crippen LogP contribution in [0.4, 0.5) is 0 Å². The van der Waals surface area contributed by atoms with Crippen LogP contribution in [0.1, 0.15) is 31.1 Å². The van der Waals surface area contributed by atoms with E-state index in [1.54, 1.807) is 0 Å². The third kappa shape index (κ3) is 4.74. The number of nitrogens with one attached hydrogen (secondary N) is 1. The minimum absolute atomic E-state index is 0.187. The van der Waals surface area contributed by atoms with E-state index in [1.165, 1.54) is 19.2 Å². The molecule has 1 aromatic carbocycles. The standard InChI is InChI=1S/C14H18ClNO4/c1-14(2,3)16-12(18)8-20-13-10(15)5-9(7-17)6-11(13)19-4/h5-7H,8H2,1-4H3,(H,16,18). The molecule has 0 heterocycles. The number of carbonyl (C=O) groups excluding carboxylic acids is 2. The summed E-state index contributed by atoms with van der Waals surface area (Å²) in [5.41, 5.74) is 0.0359. The predicted octanol–water partition coefficient (Wildman–Crippen LogP) is 2.45. The monoisotopic (exact) mass is 299 g/mol. The Morgan fingerprint density at radius 3 is 2.55 bits per heavy atom. The molecule has 1 amide bonds. The summed E-state index contributed by atoms with van der Waals surface area (Å²) >= 11 is 6.01. The first kappa shape index (κ1) is 16.3. The average molecular weight is 300 g/mol. The van der Waals surface area contributed by atoms with Gasteiger partial charge in [0.1, 0.15) is 6.29 Å². The summed E-state index contributed by atoms with van der Waals surface area (Å²) in [6.45, 7) is 5.43. The number of hydrogen-bond acceptors (Lipinski definition) is 4. The molecule has 0 radical (unpaired) electrons. The van der Waals surface area contributed by atoms with Crippen LogP contribution in [0.3, 0.4) is 0 Å². The molecule has 0 aliphatic heterocycles. The zero-order chi connectivity index (χ0) is 15.3. The Morgan fingerprint density at radius 1 is 1.40 bits per heavy atom. The molecule has 0 atom stereocenters. The van der Waals surface area contributed by atoms with Crippen molar-refractivity contribution in [1.29, 1.82) is 0 Å². The summed E-state index contributed by atoms with van der Waals surface area (Å²) in [6.07, 6.45) is 0.657. The van der Waals surface area contributed by atoms with Crippen molar-refractivity contribution in [3.63, 3.8) is 0 Å². The van der Waals surface area contributed by atoms with Gasteiger partial charge in [0.25, 0.3) is 5.91 Å². The summed E-state index contributed by atoms with van der Waals surface area (Å²) < 4.78 is 10.5. The normalized spacial score (nSPS) is 10.8. The molecule has 0 fully saturated rings. The molecule has 1 N–H and O–H groups in total. The van der Waals surface area contributed by atoms with E-state index in [9.17, 15) is 9.59 Å². The molecule has 1 aromatic rings. The summed E-state index contributed by atoms with van der Waals surface area (Å²) in [6, 6.07) is 2.95. The molecule has 0 spiro atoms. The number of halogens is 1. The quantitative estimate of drug-likeness (QED) is 0.848. The smallest absolute Gasteiger partial charge is 0.258 e. The van der Waals surface area contributed by atoms with E-state index in [4.69, 9.17) is 21.1 Å². The lowest BCUT2D eigenvalue weighted by Gasteiger charge is -2.21. The van der Waals surface area contributed by atoms with Crippen LogP contribution in [0.25, 0.3) is 0 Å². The molecule has 5 nitrogen and oxygen atoms in total. The van der Waals surface area contributed by atoms with Gasteiger partial charge < -0.3 is 14.8 Å². The maximum Gasteiger partial charge on any atom is 0.258 e.